The van der Waals surface area contributed by atoms with Crippen molar-refractivity contribution >= 4 is 5.97 Å². The molecule has 2 N–H and O–H groups in total. The highest BCUT2D eigenvalue weighted by Crippen LogP contribution is 2.29. The molecule has 1 fully saturated rings. The molecular formula is C11H22N2O2. The largest absolute Gasteiger partial charge is 0.480 e. The molecule has 4 heteroatoms. The molecule has 0 aromatic rings. The van der Waals surface area contributed by atoms with Crippen molar-refractivity contribution < 1.29 is 9.90 Å². The van der Waals surface area contributed by atoms with Gasteiger partial charge >= 0.3 is 5.97 Å². The van der Waals surface area contributed by atoms with Gasteiger partial charge in [0, 0.05) is 13.1 Å². The maximum absolute atomic E-state index is 10.8. The molecule has 0 aliphatic heterocycles. The lowest BCUT2D eigenvalue weighted by atomic mass is 10.2. The minimum Gasteiger partial charge on any atom is -0.480 e. The molecule has 4 nitrogen and oxygen atoms in total. The molecule has 0 spiro atoms. The van der Waals surface area contributed by atoms with Gasteiger partial charge < -0.3 is 15.3 Å². The highest BCUT2D eigenvalue weighted by atomic mass is 16.4. The minimum atomic E-state index is -0.750. The first kappa shape index (κ1) is 12.5. The van der Waals surface area contributed by atoms with E-state index in [1.807, 2.05) is 0 Å². The topological polar surface area (TPSA) is 52.6 Å². The number of aliphatic carboxylic acids is 1. The summed E-state index contributed by atoms with van der Waals surface area (Å²) in [6, 6.07) is -0.404. The Morgan fingerprint density at radius 2 is 2.27 bits per heavy atom. The minimum absolute atomic E-state index is 0.404. The summed E-state index contributed by atoms with van der Waals surface area (Å²) in [5.74, 6) is 0.128. The first-order valence-corrected chi connectivity index (χ1v) is 5.79. The van der Waals surface area contributed by atoms with E-state index >= 15 is 0 Å². The molecule has 0 saturated heterocycles. The van der Waals surface area contributed by atoms with Gasteiger partial charge in [0.25, 0.3) is 0 Å². The van der Waals surface area contributed by atoms with Crippen molar-refractivity contribution in [2.24, 2.45) is 5.92 Å². The van der Waals surface area contributed by atoms with Crippen LogP contribution in [0.1, 0.15) is 26.2 Å². The van der Waals surface area contributed by atoms with Crippen molar-refractivity contribution in [2.45, 2.75) is 32.2 Å². The number of carboxylic acids is 1. The highest BCUT2D eigenvalue weighted by Gasteiger charge is 2.24. The van der Waals surface area contributed by atoms with E-state index in [4.69, 9.17) is 5.11 Å². The Labute approximate surface area is 91.6 Å². The van der Waals surface area contributed by atoms with E-state index in [9.17, 15) is 4.79 Å². The molecule has 0 bridgehead atoms. The van der Waals surface area contributed by atoms with Gasteiger partial charge in [0.05, 0.1) is 0 Å². The third-order valence-electron chi connectivity index (χ3n) is 3.04. The van der Waals surface area contributed by atoms with Gasteiger partial charge in [0.2, 0.25) is 0 Å². The van der Waals surface area contributed by atoms with Crippen LogP contribution < -0.4 is 5.32 Å². The van der Waals surface area contributed by atoms with Gasteiger partial charge in [0.1, 0.15) is 6.04 Å². The lowest BCUT2D eigenvalue weighted by Gasteiger charge is -2.22. The van der Waals surface area contributed by atoms with Crippen LogP contribution in [0.4, 0.5) is 0 Å². The summed E-state index contributed by atoms with van der Waals surface area (Å²) in [5.41, 5.74) is 0. The van der Waals surface area contributed by atoms with E-state index in [1.165, 1.54) is 12.8 Å². The Kier molecular flexibility index (Phi) is 5.05. The molecule has 0 amide bonds. The maximum Gasteiger partial charge on any atom is 0.320 e. The van der Waals surface area contributed by atoms with Crippen LogP contribution in [0.5, 0.6) is 0 Å². The van der Waals surface area contributed by atoms with E-state index in [1.54, 1.807) is 7.05 Å². The van der Waals surface area contributed by atoms with Crippen LogP contribution in [-0.4, -0.2) is 48.7 Å². The SMILES string of the molecule is CCN(CCC(NC)C(=O)O)CC1CC1. The van der Waals surface area contributed by atoms with Crippen molar-refractivity contribution in [1.29, 1.82) is 0 Å². The molecule has 1 aliphatic rings. The van der Waals surface area contributed by atoms with Crippen LogP contribution in [0.25, 0.3) is 0 Å². The van der Waals surface area contributed by atoms with Crippen LogP contribution >= 0.6 is 0 Å². The number of likely N-dealkylation sites (N-methyl/N-ethyl adjacent to an activating group) is 1. The first-order chi connectivity index (χ1) is 7.17. The lowest BCUT2D eigenvalue weighted by molar-refractivity contribution is -0.139. The molecule has 15 heavy (non-hydrogen) atoms. The van der Waals surface area contributed by atoms with Gasteiger partial charge in [-0.05, 0) is 38.8 Å². The Hall–Kier alpha value is -0.610. The van der Waals surface area contributed by atoms with Gasteiger partial charge in [0.15, 0.2) is 0 Å². The monoisotopic (exact) mass is 214 g/mol. The van der Waals surface area contributed by atoms with E-state index in [0.29, 0.717) is 6.42 Å². The predicted octanol–water partition coefficient (Wildman–Crippen LogP) is 0.781. The molecule has 0 aromatic heterocycles. The Morgan fingerprint density at radius 1 is 1.60 bits per heavy atom. The van der Waals surface area contributed by atoms with Crippen molar-refractivity contribution in [1.82, 2.24) is 10.2 Å². The van der Waals surface area contributed by atoms with Crippen molar-refractivity contribution in [2.75, 3.05) is 26.7 Å². The number of nitrogens with one attached hydrogen (secondary N) is 1. The molecule has 0 radical (unpaired) electrons. The molecule has 0 heterocycles. The average molecular weight is 214 g/mol. The second kappa shape index (κ2) is 6.08. The third kappa shape index (κ3) is 4.62. The quantitative estimate of drug-likeness (QED) is 0.627. The Balaban J connectivity index is 2.21. The molecule has 1 unspecified atom stereocenters. The van der Waals surface area contributed by atoms with Crippen LogP contribution in [0.2, 0.25) is 0 Å². The van der Waals surface area contributed by atoms with Crippen molar-refractivity contribution in [3.05, 3.63) is 0 Å². The molecule has 1 rings (SSSR count). The summed E-state index contributed by atoms with van der Waals surface area (Å²) in [6.07, 6.45) is 3.39. The van der Waals surface area contributed by atoms with Crippen molar-refractivity contribution in [3.8, 4) is 0 Å². The van der Waals surface area contributed by atoms with Crippen molar-refractivity contribution in [3.63, 3.8) is 0 Å². The molecule has 1 atom stereocenters. The summed E-state index contributed by atoms with van der Waals surface area (Å²) in [5, 5.41) is 11.7. The highest BCUT2D eigenvalue weighted by molar-refractivity contribution is 5.73. The first-order valence-electron chi connectivity index (χ1n) is 5.79. The zero-order chi connectivity index (χ0) is 11.3. The van der Waals surface area contributed by atoms with E-state index in [0.717, 1.165) is 25.6 Å². The Bertz CT molecular complexity index is 205. The zero-order valence-corrected chi connectivity index (χ0v) is 9.70. The van der Waals surface area contributed by atoms with E-state index < -0.39 is 12.0 Å². The molecule has 88 valence electrons. The van der Waals surface area contributed by atoms with Gasteiger partial charge in [-0.3, -0.25) is 4.79 Å². The summed E-state index contributed by atoms with van der Waals surface area (Å²) >= 11 is 0. The van der Waals surface area contributed by atoms with E-state index in [-0.39, 0.29) is 0 Å². The molecule has 0 aromatic carbocycles. The van der Waals surface area contributed by atoms with Gasteiger partial charge in [-0.1, -0.05) is 6.92 Å². The number of hydrogen-bond donors (Lipinski definition) is 2. The fourth-order valence-electron chi connectivity index (χ4n) is 1.75. The second-order valence-electron chi connectivity index (χ2n) is 4.30. The fraction of sp³-hybridized carbons (Fsp3) is 0.909. The summed E-state index contributed by atoms with van der Waals surface area (Å²) in [4.78, 5) is 13.1. The van der Waals surface area contributed by atoms with Crippen LogP contribution in [0, 0.1) is 5.92 Å². The van der Waals surface area contributed by atoms with Gasteiger partial charge in [-0.15, -0.1) is 0 Å². The third-order valence-corrected chi connectivity index (χ3v) is 3.04. The number of rotatable bonds is 8. The number of carbonyl (C=O) groups is 1. The lowest BCUT2D eigenvalue weighted by Crippen LogP contribution is -2.38. The molecule has 1 saturated carbocycles. The second-order valence-corrected chi connectivity index (χ2v) is 4.30. The molecular weight excluding hydrogens is 192 g/mol. The fourth-order valence-corrected chi connectivity index (χ4v) is 1.75. The van der Waals surface area contributed by atoms with Crippen LogP contribution in [0.15, 0.2) is 0 Å². The normalized spacial score (nSPS) is 18.1. The van der Waals surface area contributed by atoms with Gasteiger partial charge in [-0.25, -0.2) is 0 Å². The zero-order valence-electron chi connectivity index (χ0n) is 9.70. The summed E-state index contributed by atoms with van der Waals surface area (Å²) < 4.78 is 0. The van der Waals surface area contributed by atoms with Crippen LogP contribution in [0.3, 0.4) is 0 Å². The summed E-state index contributed by atoms with van der Waals surface area (Å²) in [6.45, 7) is 5.18. The Morgan fingerprint density at radius 3 is 2.67 bits per heavy atom. The van der Waals surface area contributed by atoms with Crippen LogP contribution in [-0.2, 0) is 4.79 Å². The smallest absolute Gasteiger partial charge is 0.320 e. The molecule has 1 aliphatic carbocycles. The number of nitrogens with zero attached hydrogens (tertiary/aromatic N) is 1. The maximum atomic E-state index is 10.8. The summed E-state index contributed by atoms with van der Waals surface area (Å²) in [7, 11) is 1.70. The predicted molar refractivity (Wildman–Crippen MR) is 59.9 cm³/mol. The number of hydrogen-bond acceptors (Lipinski definition) is 3. The average Bonchev–Trinajstić information content (AvgIpc) is 3.00. The number of carboxylic acid groups (broad SMARTS) is 1. The standard InChI is InChI=1S/C11H22N2O2/c1-3-13(8-9-4-5-9)7-6-10(12-2)11(14)15/h9-10,12H,3-8H2,1-2H3,(H,14,15). The van der Waals surface area contributed by atoms with E-state index in [2.05, 4.69) is 17.1 Å². The van der Waals surface area contributed by atoms with Gasteiger partial charge in [-0.2, -0.15) is 0 Å².